The number of imidazole rings is 1. The highest BCUT2D eigenvalue weighted by atomic mass is 16.7. The van der Waals surface area contributed by atoms with E-state index < -0.39 is 71.5 Å². The third-order valence-electron chi connectivity index (χ3n) is 11.9. The Morgan fingerprint density at radius 2 is 1.84 bits per heavy atom. The molecule has 0 radical (unpaired) electrons. The average molecular weight is 771 g/mol. The fourth-order valence-corrected chi connectivity index (χ4v) is 8.82. The third-order valence-corrected chi connectivity index (χ3v) is 11.9. The van der Waals surface area contributed by atoms with Crippen LogP contribution in [0.1, 0.15) is 74.1 Å². The molecule has 3 saturated heterocycles. The Hall–Kier alpha value is -3.47. The smallest absolute Gasteiger partial charge is 0.410 e. The zero-order valence-corrected chi connectivity index (χ0v) is 34.1. The molecule has 15 heteroatoms. The molecule has 0 bridgehead atoms. The number of cyclic esters (lactones) is 1. The van der Waals surface area contributed by atoms with Gasteiger partial charge in [-0.1, -0.05) is 13.8 Å². The summed E-state index contributed by atoms with van der Waals surface area (Å²) in [5.41, 5.74) is -0.506. The van der Waals surface area contributed by atoms with Crippen molar-refractivity contribution in [3.8, 4) is 11.3 Å². The van der Waals surface area contributed by atoms with Crippen molar-refractivity contribution in [3.63, 3.8) is 0 Å². The quantitative estimate of drug-likeness (QED) is 0.193. The van der Waals surface area contributed by atoms with Gasteiger partial charge in [0.25, 0.3) is 0 Å². The number of fused-ring (bicyclic) bond motifs is 1. The van der Waals surface area contributed by atoms with Gasteiger partial charge in [0, 0.05) is 62.4 Å². The molecule has 3 aliphatic heterocycles. The minimum absolute atomic E-state index is 0.211. The van der Waals surface area contributed by atoms with E-state index in [1.807, 2.05) is 76.5 Å². The molecule has 2 N–H and O–H groups in total. The second-order valence-corrected chi connectivity index (χ2v) is 16.2. The van der Waals surface area contributed by atoms with Gasteiger partial charge >= 0.3 is 12.1 Å². The van der Waals surface area contributed by atoms with Crippen LogP contribution in [0.3, 0.4) is 0 Å². The Bertz CT molecular complexity index is 1610. The van der Waals surface area contributed by atoms with Gasteiger partial charge in [-0.05, 0) is 86.5 Å². The number of ketones is 1. The Morgan fingerprint density at radius 3 is 2.47 bits per heavy atom. The first kappa shape index (κ1) is 42.7. The number of aliphatic hydroxyl groups is 1. The number of rotatable bonds is 11. The van der Waals surface area contributed by atoms with Crippen molar-refractivity contribution in [3.05, 3.63) is 37.1 Å². The average Bonchev–Trinajstić information content (AvgIpc) is 3.85. The summed E-state index contributed by atoms with van der Waals surface area (Å²) in [4.78, 5) is 54.1. The number of aromatic nitrogens is 3. The number of carbonyl (C=O) groups is 3. The van der Waals surface area contributed by atoms with Crippen LogP contribution in [0, 0.1) is 11.8 Å². The molecule has 5 heterocycles. The maximum absolute atomic E-state index is 14.2. The summed E-state index contributed by atoms with van der Waals surface area (Å²) in [7, 11) is 5.28. The highest BCUT2D eigenvalue weighted by Gasteiger charge is 2.59. The number of hydrogen-bond donors (Lipinski definition) is 2. The second-order valence-electron chi connectivity index (χ2n) is 16.2. The summed E-state index contributed by atoms with van der Waals surface area (Å²) in [5.74, 6) is -3.11. The molecule has 0 unspecified atom stereocenters. The van der Waals surface area contributed by atoms with Crippen molar-refractivity contribution in [2.24, 2.45) is 11.8 Å². The number of unbranched alkanes of at least 4 members (excludes halogenated alkanes) is 1. The van der Waals surface area contributed by atoms with Crippen molar-refractivity contribution < 1.29 is 43.2 Å². The normalized spacial score (nSPS) is 36.4. The summed E-state index contributed by atoms with van der Waals surface area (Å²) in [6.45, 7) is 14.2. The molecule has 55 heavy (non-hydrogen) atoms. The van der Waals surface area contributed by atoms with E-state index in [1.54, 1.807) is 37.7 Å². The lowest BCUT2D eigenvalue weighted by atomic mass is 9.79. The summed E-state index contributed by atoms with van der Waals surface area (Å²) in [5, 5.41) is 14.8. The standard InChI is InChI=1S/C40H62N6O9/c1-11-31-40(7)34(46(38(50)55-40)18-13-12-17-45-21-29(42-23-45)28-15-14-16-41-20-28)27(5)43-24(2)19-39(6,51-10)35(25(3)32(47)26(4)36(49)53-31)54-37-33(48)30(22-52-37)44(8)9/h14-16,20-21,23-27,30-31,33-35,37,43,48H,11-13,17-19,22H2,1-10H3/t24-,25+,26-,27+,30-,31+,33+,34-,35-,37+,39+,40-/m1/s1. The summed E-state index contributed by atoms with van der Waals surface area (Å²) >= 11 is 0. The van der Waals surface area contributed by atoms with Crippen LogP contribution >= 0.6 is 0 Å². The van der Waals surface area contributed by atoms with Crippen molar-refractivity contribution in [1.29, 1.82) is 0 Å². The van der Waals surface area contributed by atoms with Crippen molar-refractivity contribution in [2.45, 2.75) is 141 Å². The molecule has 15 nitrogen and oxygen atoms in total. The number of nitrogens with zero attached hydrogens (tertiary/aromatic N) is 5. The molecule has 3 fully saturated rings. The Morgan fingerprint density at radius 1 is 1.11 bits per heavy atom. The summed E-state index contributed by atoms with van der Waals surface area (Å²) < 4.78 is 33.0. The zero-order valence-electron chi connectivity index (χ0n) is 34.1. The number of pyridine rings is 1. The van der Waals surface area contributed by atoms with E-state index in [0.29, 0.717) is 32.4 Å². The minimum atomic E-state index is -1.22. The van der Waals surface area contributed by atoms with Crippen LogP contribution in [0.4, 0.5) is 4.79 Å². The fourth-order valence-electron chi connectivity index (χ4n) is 8.82. The Balaban J connectivity index is 1.39. The molecule has 0 aliphatic carbocycles. The van der Waals surface area contributed by atoms with Gasteiger partial charge in [0.2, 0.25) is 0 Å². The predicted molar refractivity (Wildman–Crippen MR) is 204 cm³/mol. The number of Topliss-reactive ketones (excluding diaryl/α,β-unsaturated/α-hetero) is 1. The van der Waals surface area contributed by atoms with Crippen LogP contribution in [0.5, 0.6) is 0 Å². The lowest BCUT2D eigenvalue weighted by Gasteiger charge is -2.45. The number of ether oxygens (including phenoxy) is 5. The molecule has 5 rings (SSSR count). The Kier molecular flexibility index (Phi) is 13.8. The molecule has 306 valence electrons. The number of nitrogens with one attached hydrogen (secondary N) is 1. The minimum Gasteiger partial charge on any atom is -0.458 e. The van der Waals surface area contributed by atoms with E-state index in [4.69, 9.17) is 23.7 Å². The topological polar surface area (TPSA) is 167 Å². The van der Waals surface area contributed by atoms with Crippen molar-refractivity contribution in [2.75, 3.05) is 34.4 Å². The van der Waals surface area contributed by atoms with E-state index in [1.165, 1.54) is 6.92 Å². The Labute approximate surface area is 325 Å². The number of aryl methyl sites for hydroxylation is 1. The molecule has 2 aromatic heterocycles. The molecule has 1 amide bonds. The second kappa shape index (κ2) is 17.8. The molecular formula is C40H62N6O9. The van der Waals surface area contributed by atoms with E-state index in [9.17, 15) is 19.5 Å². The van der Waals surface area contributed by atoms with Crippen LogP contribution in [0.25, 0.3) is 11.3 Å². The number of esters is 1. The number of hydrogen-bond acceptors (Lipinski definition) is 13. The van der Waals surface area contributed by atoms with E-state index in [-0.39, 0.29) is 24.7 Å². The number of aliphatic hydroxyl groups excluding tert-OH is 1. The largest absolute Gasteiger partial charge is 0.458 e. The first-order chi connectivity index (χ1) is 26.0. The van der Waals surface area contributed by atoms with Crippen molar-refractivity contribution in [1.82, 2.24) is 29.7 Å². The van der Waals surface area contributed by atoms with Crippen LogP contribution in [0.2, 0.25) is 0 Å². The SMILES string of the molecule is CC[C@@H]1OC(=O)[C@H](C)C(=O)[C@H](C)[C@@H](O[C@@H]2OC[C@@H](N(C)C)[C@@H]2O)[C@@](C)(OC)C[C@@H](C)N[C@@H](C)[C@H]2N(CCCCn3cnc(-c4cccnc4)c3)C(=O)O[C@]12C. The summed E-state index contributed by atoms with van der Waals surface area (Å²) in [6.07, 6.45) is 5.32. The highest BCUT2D eigenvalue weighted by Crippen LogP contribution is 2.40. The third kappa shape index (κ3) is 9.07. The van der Waals surface area contributed by atoms with Crippen LogP contribution in [0.15, 0.2) is 37.1 Å². The van der Waals surface area contributed by atoms with Gasteiger partial charge in [0.05, 0.1) is 42.4 Å². The monoisotopic (exact) mass is 770 g/mol. The fraction of sp³-hybridized carbons (Fsp3) is 0.725. The predicted octanol–water partition coefficient (Wildman–Crippen LogP) is 3.68. The molecule has 3 aliphatic rings. The van der Waals surface area contributed by atoms with E-state index >= 15 is 0 Å². The maximum atomic E-state index is 14.2. The molecular weight excluding hydrogens is 708 g/mol. The van der Waals surface area contributed by atoms with Gasteiger partial charge in [-0.15, -0.1) is 0 Å². The van der Waals surface area contributed by atoms with Crippen LogP contribution < -0.4 is 5.32 Å². The molecule has 0 spiro atoms. The molecule has 2 aromatic rings. The number of likely N-dealkylation sites (N-methyl/N-ethyl adjacent to an activating group) is 1. The summed E-state index contributed by atoms with van der Waals surface area (Å²) in [6, 6.07) is 2.49. The maximum Gasteiger partial charge on any atom is 0.410 e. The van der Waals surface area contributed by atoms with Gasteiger partial charge in [0.1, 0.15) is 18.1 Å². The van der Waals surface area contributed by atoms with E-state index in [0.717, 1.165) is 17.7 Å². The lowest BCUT2D eigenvalue weighted by molar-refractivity contribution is -0.238. The lowest BCUT2D eigenvalue weighted by Crippen LogP contribution is -2.62. The van der Waals surface area contributed by atoms with Gasteiger partial charge < -0.3 is 43.6 Å². The first-order valence-corrected chi connectivity index (χ1v) is 19.6. The van der Waals surface area contributed by atoms with Gasteiger partial charge in [-0.3, -0.25) is 19.5 Å². The van der Waals surface area contributed by atoms with E-state index in [2.05, 4.69) is 15.3 Å². The number of amides is 1. The molecule has 0 saturated carbocycles. The molecule has 12 atom stereocenters. The highest BCUT2D eigenvalue weighted by molar-refractivity contribution is 6.00. The molecule has 0 aromatic carbocycles. The van der Waals surface area contributed by atoms with Crippen molar-refractivity contribution >= 4 is 17.8 Å². The van der Waals surface area contributed by atoms with Crippen LogP contribution in [-0.4, -0.2) is 142 Å². The first-order valence-electron chi connectivity index (χ1n) is 19.6. The van der Waals surface area contributed by atoms with Crippen LogP contribution in [-0.2, 0) is 39.8 Å². The van der Waals surface area contributed by atoms with Gasteiger partial charge in [-0.25, -0.2) is 9.78 Å². The van der Waals surface area contributed by atoms with Gasteiger partial charge in [0.15, 0.2) is 17.7 Å². The van der Waals surface area contributed by atoms with Gasteiger partial charge in [-0.2, -0.15) is 0 Å². The zero-order chi connectivity index (χ0) is 40.2. The number of carbonyl (C=O) groups excluding carboxylic acids is 3. The number of methoxy groups -OCH3 is 1.